The van der Waals surface area contributed by atoms with Crippen LogP contribution in [0, 0.1) is 11.6 Å². The number of guanidine groups is 1. The predicted octanol–water partition coefficient (Wildman–Crippen LogP) is 2.02. The molecule has 2 saturated heterocycles. The molecule has 0 bridgehead atoms. The van der Waals surface area contributed by atoms with Gasteiger partial charge in [0.25, 0.3) is 5.91 Å². The molecule has 6 nitrogen and oxygen atoms in total. The van der Waals surface area contributed by atoms with Crippen LogP contribution < -0.4 is 5.32 Å². The van der Waals surface area contributed by atoms with Crippen LogP contribution >= 0.6 is 24.0 Å². The summed E-state index contributed by atoms with van der Waals surface area (Å²) in [5.41, 5.74) is 0.464. The van der Waals surface area contributed by atoms with Crippen molar-refractivity contribution in [3.63, 3.8) is 0 Å². The summed E-state index contributed by atoms with van der Waals surface area (Å²) in [6, 6.07) is 3.62. The van der Waals surface area contributed by atoms with E-state index in [1.54, 1.807) is 7.05 Å². The number of halogens is 3. The number of hydrogen-bond donors (Lipinski definition) is 1. The van der Waals surface area contributed by atoms with E-state index >= 15 is 0 Å². The molecule has 1 aromatic carbocycles. The number of benzene rings is 1. The Morgan fingerprint density at radius 3 is 2.57 bits per heavy atom. The molecule has 1 atom stereocenters. The van der Waals surface area contributed by atoms with Crippen molar-refractivity contribution in [1.29, 1.82) is 0 Å². The van der Waals surface area contributed by atoms with Gasteiger partial charge < -0.3 is 19.9 Å². The average Bonchev–Trinajstić information content (AvgIpc) is 3.21. The quantitative estimate of drug-likeness (QED) is 0.385. The summed E-state index contributed by atoms with van der Waals surface area (Å²) in [7, 11) is 1.70. The summed E-state index contributed by atoms with van der Waals surface area (Å²) in [5, 5.41) is 3.22. The minimum absolute atomic E-state index is 0. The van der Waals surface area contributed by atoms with E-state index in [4.69, 9.17) is 4.74 Å². The third kappa shape index (κ3) is 5.76. The molecule has 2 heterocycles. The number of carbonyl (C=O) groups is 1. The van der Waals surface area contributed by atoms with E-state index in [0.29, 0.717) is 51.3 Å². The van der Waals surface area contributed by atoms with Gasteiger partial charge in [-0.1, -0.05) is 6.07 Å². The second-order valence-electron chi connectivity index (χ2n) is 6.77. The Labute approximate surface area is 181 Å². The molecule has 1 amide bonds. The molecule has 0 radical (unpaired) electrons. The fourth-order valence-electron chi connectivity index (χ4n) is 3.48. The van der Waals surface area contributed by atoms with Crippen LogP contribution in [0.15, 0.2) is 23.2 Å². The van der Waals surface area contributed by atoms with Crippen LogP contribution in [-0.4, -0.2) is 74.1 Å². The highest BCUT2D eigenvalue weighted by Crippen LogP contribution is 2.16. The van der Waals surface area contributed by atoms with E-state index in [-0.39, 0.29) is 36.0 Å². The zero-order valence-electron chi connectivity index (χ0n) is 16.0. The van der Waals surface area contributed by atoms with Gasteiger partial charge in [-0.3, -0.25) is 9.79 Å². The van der Waals surface area contributed by atoms with Gasteiger partial charge in [-0.15, -0.1) is 24.0 Å². The molecule has 156 valence electrons. The van der Waals surface area contributed by atoms with Crippen molar-refractivity contribution in [1.82, 2.24) is 15.1 Å². The van der Waals surface area contributed by atoms with E-state index in [1.165, 1.54) is 12.1 Å². The first-order valence-corrected chi connectivity index (χ1v) is 9.38. The number of carbonyl (C=O) groups excluding carboxylic acids is 1. The molecule has 1 aromatic rings. The number of amides is 1. The Morgan fingerprint density at radius 1 is 1.25 bits per heavy atom. The monoisotopic (exact) mass is 508 g/mol. The fourth-order valence-corrected chi connectivity index (χ4v) is 3.48. The first-order valence-electron chi connectivity index (χ1n) is 9.38. The maximum Gasteiger partial charge on any atom is 0.251 e. The average molecular weight is 508 g/mol. The maximum absolute atomic E-state index is 13.7. The molecule has 2 aliphatic rings. The lowest BCUT2D eigenvalue weighted by Crippen LogP contribution is -2.55. The predicted molar refractivity (Wildman–Crippen MR) is 114 cm³/mol. The van der Waals surface area contributed by atoms with Crippen molar-refractivity contribution in [2.75, 3.05) is 46.4 Å². The van der Waals surface area contributed by atoms with E-state index in [2.05, 4.69) is 15.2 Å². The minimum atomic E-state index is -0.574. The molecule has 0 saturated carbocycles. The Balaban J connectivity index is 0.00000280. The van der Waals surface area contributed by atoms with Crippen LogP contribution in [0.2, 0.25) is 0 Å². The molecule has 1 N–H and O–H groups in total. The SMILES string of the molecule is CN=C(NCCc1ccc(F)cc1F)N1CCN(C(=O)C2CCCO2)CC1.I. The third-order valence-electron chi connectivity index (χ3n) is 5.00. The van der Waals surface area contributed by atoms with Crippen LogP contribution in [0.25, 0.3) is 0 Å². The number of aliphatic imine (C=N–C) groups is 1. The molecular formula is C19H27F2IN4O2. The van der Waals surface area contributed by atoms with E-state index in [9.17, 15) is 13.6 Å². The van der Waals surface area contributed by atoms with Crippen molar-refractivity contribution in [3.8, 4) is 0 Å². The highest BCUT2D eigenvalue weighted by Gasteiger charge is 2.30. The molecule has 0 spiro atoms. The van der Waals surface area contributed by atoms with Crippen molar-refractivity contribution in [3.05, 3.63) is 35.4 Å². The molecular weight excluding hydrogens is 481 g/mol. The van der Waals surface area contributed by atoms with Gasteiger partial charge in [-0.2, -0.15) is 0 Å². The number of hydrogen-bond acceptors (Lipinski definition) is 3. The Morgan fingerprint density at radius 2 is 1.96 bits per heavy atom. The topological polar surface area (TPSA) is 57.2 Å². The van der Waals surface area contributed by atoms with Gasteiger partial charge in [0.2, 0.25) is 0 Å². The number of ether oxygens (including phenoxy) is 1. The van der Waals surface area contributed by atoms with Crippen molar-refractivity contribution >= 4 is 35.8 Å². The second kappa shape index (κ2) is 10.9. The molecule has 0 aromatic heterocycles. The van der Waals surface area contributed by atoms with E-state index in [0.717, 1.165) is 24.9 Å². The first-order chi connectivity index (χ1) is 13.1. The maximum atomic E-state index is 13.7. The van der Waals surface area contributed by atoms with Gasteiger partial charge in [-0.05, 0) is 30.9 Å². The molecule has 28 heavy (non-hydrogen) atoms. The third-order valence-corrected chi connectivity index (χ3v) is 5.00. The van der Waals surface area contributed by atoms with E-state index < -0.39 is 11.6 Å². The first kappa shape index (κ1) is 22.8. The largest absolute Gasteiger partial charge is 0.368 e. The van der Waals surface area contributed by atoms with Crippen LogP contribution in [0.1, 0.15) is 18.4 Å². The molecule has 0 aliphatic carbocycles. The van der Waals surface area contributed by atoms with Crippen molar-refractivity contribution < 1.29 is 18.3 Å². The molecule has 2 aliphatic heterocycles. The minimum Gasteiger partial charge on any atom is -0.368 e. The standard InChI is InChI=1S/C19H26F2N4O2.HI/c1-22-19(23-7-6-14-4-5-15(20)13-16(14)21)25-10-8-24(9-11-25)18(26)17-3-2-12-27-17;/h4-5,13,17H,2-3,6-12H2,1H3,(H,22,23);1H. The Kier molecular flexibility index (Phi) is 8.87. The van der Waals surface area contributed by atoms with Gasteiger partial charge in [0.1, 0.15) is 17.7 Å². The van der Waals surface area contributed by atoms with Crippen LogP contribution in [0.5, 0.6) is 0 Å². The molecule has 1 unspecified atom stereocenters. The summed E-state index contributed by atoms with van der Waals surface area (Å²) in [5.74, 6) is -0.299. The Bertz CT molecular complexity index is 691. The smallest absolute Gasteiger partial charge is 0.251 e. The highest BCUT2D eigenvalue weighted by atomic mass is 127. The molecule has 3 rings (SSSR count). The summed E-state index contributed by atoms with van der Waals surface area (Å²) in [4.78, 5) is 20.6. The van der Waals surface area contributed by atoms with Gasteiger partial charge in [0.05, 0.1) is 0 Å². The molecule has 2 fully saturated rings. The molecule has 9 heteroatoms. The second-order valence-corrected chi connectivity index (χ2v) is 6.77. The normalized spacial score (nSPS) is 20.1. The van der Waals surface area contributed by atoms with Gasteiger partial charge >= 0.3 is 0 Å². The summed E-state index contributed by atoms with van der Waals surface area (Å²) < 4.78 is 32.1. The van der Waals surface area contributed by atoms with Gasteiger partial charge in [0.15, 0.2) is 5.96 Å². The summed E-state index contributed by atoms with van der Waals surface area (Å²) in [6.45, 7) is 3.79. The van der Waals surface area contributed by atoms with Crippen LogP contribution in [0.4, 0.5) is 8.78 Å². The summed E-state index contributed by atoms with van der Waals surface area (Å²) in [6.07, 6.45) is 1.91. The zero-order chi connectivity index (χ0) is 19.2. The Hall–Kier alpha value is -1.49. The lowest BCUT2D eigenvalue weighted by Gasteiger charge is -2.37. The van der Waals surface area contributed by atoms with E-state index in [1.807, 2.05) is 4.90 Å². The number of nitrogens with zero attached hydrogens (tertiary/aromatic N) is 3. The van der Waals surface area contributed by atoms with Crippen molar-refractivity contribution in [2.45, 2.75) is 25.4 Å². The van der Waals surface area contributed by atoms with Crippen LogP contribution in [-0.2, 0) is 16.0 Å². The highest BCUT2D eigenvalue weighted by molar-refractivity contribution is 14.0. The number of piperazine rings is 1. The lowest BCUT2D eigenvalue weighted by atomic mass is 10.1. The van der Waals surface area contributed by atoms with Gasteiger partial charge in [-0.25, -0.2) is 8.78 Å². The number of nitrogens with one attached hydrogen (secondary N) is 1. The number of rotatable bonds is 4. The lowest BCUT2D eigenvalue weighted by molar-refractivity contribution is -0.142. The van der Waals surface area contributed by atoms with Crippen molar-refractivity contribution in [2.24, 2.45) is 4.99 Å². The van der Waals surface area contributed by atoms with Gasteiger partial charge in [0, 0.05) is 52.4 Å². The van der Waals surface area contributed by atoms with Crippen LogP contribution in [0.3, 0.4) is 0 Å². The zero-order valence-corrected chi connectivity index (χ0v) is 18.3. The fraction of sp³-hybridized carbons (Fsp3) is 0.579. The summed E-state index contributed by atoms with van der Waals surface area (Å²) >= 11 is 0.